The highest BCUT2D eigenvalue weighted by molar-refractivity contribution is 5.54. The lowest BCUT2D eigenvalue weighted by Crippen LogP contribution is -2.42. The monoisotopic (exact) mass is 235 g/mol. The standard InChI is InChI=1S/C13H21N3O/c1-3-12-9-16(4-5-17-12)13-6-10(2)15-8-11(13)7-14/h6,8,12H,3-5,7,9,14H2,1-2H3. The molecule has 0 aromatic carbocycles. The minimum Gasteiger partial charge on any atom is -0.375 e. The summed E-state index contributed by atoms with van der Waals surface area (Å²) in [6, 6.07) is 2.13. The third-order valence-electron chi connectivity index (χ3n) is 3.25. The summed E-state index contributed by atoms with van der Waals surface area (Å²) in [7, 11) is 0. The van der Waals surface area contributed by atoms with Gasteiger partial charge in [0.1, 0.15) is 0 Å². The molecule has 94 valence electrons. The summed E-state index contributed by atoms with van der Waals surface area (Å²) in [6.07, 6.45) is 3.28. The van der Waals surface area contributed by atoms with E-state index in [1.807, 2.05) is 13.1 Å². The fourth-order valence-electron chi connectivity index (χ4n) is 2.21. The van der Waals surface area contributed by atoms with Gasteiger partial charge in [-0.25, -0.2) is 0 Å². The van der Waals surface area contributed by atoms with Crippen molar-refractivity contribution in [3.8, 4) is 0 Å². The molecule has 1 fully saturated rings. The van der Waals surface area contributed by atoms with Crippen LogP contribution in [0.4, 0.5) is 5.69 Å². The van der Waals surface area contributed by atoms with Crippen molar-refractivity contribution in [2.24, 2.45) is 5.73 Å². The lowest BCUT2D eigenvalue weighted by Gasteiger charge is -2.35. The zero-order chi connectivity index (χ0) is 12.3. The maximum absolute atomic E-state index is 5.78. The molecule has 1 aromatic heterocycles. The molecule has 4 nitrogen and oxygen atoms in total. The van der Waals surface area contributed by atoms with Gasteiger partial charge in [0.15, 0.2) is 0 Å². The van der Waals surface area contributed by atoms with E-state index in [0.717, 1.165) is 37.4 Å². The topological polar surface area (TPSA) is 51.4 Å². The third kappa shape index (κ3) is 2.76. The predicted octanol–water partition coefficient (Wildman–Crippen LogP) is 1.46. The first kappa shape index (κ1) is 12.3. The Labute approximate surface area is 103 Å². The second-order valence-electron chi connectivity index (χ2n) is 4.51. The number of aryl methyl sites for hydroxylation is 1. The maximum atomic E-state index is 5.78. The normalized spacial score (nSPS) is 20.6. The van der Waals surface area contributed by atoms with Crippen LogP contribution in [0.5, 0.6) is 0 Å². The fraction of sp³-hybridized carbons (Fsp3) is 0.615. The number of ether oxygens (including phenoxy) is 1. The van der Waals surface area contributed by atoms with Crippen LogP contribution in [0.25, 0.3) is 0 Å². The van der Waals surface area contributed by atoms with Crippen LogP contribution in [-0.4, -0.2) is 30.8 Å². The van der Waals surface area contributed by atoms with Gasteiger partial charge in [-0.05, 0) is 19.4 Å². The van der Waals surface area contributed by atoms with E-state index in [9.17, 15) is 0 Å². The van der Waals surface area contributed by atoms with E-state index in [1.165, 1.54) is 5.69 Å². The average molecular weight is 235 g/mol. The Bertz CT molecular complexity index is 381. The van der Waals surface area contributed by atoms with Crippen LogP contribution in [0.15, 0.2) is 12.3 Å². The first-order chi connectivity index (χ1) is 8.24. The van der Waals surface area contributed by atoms with Crippen molar-refractivity contribution in [3.63, 3.8) is 0 Å². The van der Waals surface area contributed by atoms with Gasteiger partial charge in [-0.1, -0.05) is 6.92 Å². The highest BCUT2D eigenvalue weighted by Crippen LogP contribution is 2.23. The molecule has 2 heterocycles. The molecule has 2 N–H and O–H groups in total. The molecule has 1 aromatic rings. The summed E-state index contributed by atoms with van der Waals surface area (Å²) >= 11 is 0. The molecule has 1 aliphatic heterocycles. The minimum absolute atomic E-state index is 0.336. The minimum atomic E-state index is 0.336. The summed E-state index contributed by atoms with van der Waals surface area (Å²) in [6.45, 7) is 7.40. The summed E-state index contributed by atoms with van der Waals surface area (Å²) in [4.78, 5) is 6.68. The molecule has 0 amide bonds. The van der Waals surface area contributed by atoms with Crippen molar-refractivity contribution >= 4 is 5.69 Å². The number of hydrogen-bond donors (Lipinski definition) is 1. The number of rotatable bonds is 3. The van der Waals surface area contributed by atoms with Crippen LogP contribution in [-0.2, 0) is 11.3 Å². The van der Waals surface area contributed by atoms with Crippen molar-refractivity contribution in [1.82, 2.24) is 4.98 Å². The van der Waals surface area contributed by atoms with E-state index >= 15 is 0 Å². The van der Waals surface area contributed by atoms with Crippen LogP contribution in [0.3, 0.4) is 0 Å². The van der Waals surface area contributed by atoms with Crippen molar-refractivity contribution in [1.29, 1.82) is 0 Å². The lowest BCUT2D eigenvalue weighted by atomic mass is 10.1. The number of hydrogen-bond acceptors (Lipinski definition) is 4. The second kappa shape index (κ2) is 5.47. The predicted molar refractivity (Wildman–Crippen MR) is 69.1 cm³/mol. The smallest absolute Gasteiger partial charge is 0.0748 e. The van der Waals surface area contributed by atoms with E-state index in [2.05, 4.69) is 22.9 Å². The molecule has 0 bridgehead atoms. The molecule has 17 heavy (non-hydrogen) atoms. The SMILES string of the molecule is CCC1CN(c2cc(C)ncc2CN)CCO1. The van der Waals surface area contributed by atoms with Crippen molar-refractivity contribution < 1.29 is 4.74 Å². The van der Waals surface area contributed by atoms with E-state index in [4.69, 9.17) is 10.5 Å². The Morgan fingerprint density at radius 2 is 2.41 bits per heavy atom. The first-order valence-electron chi connectivity index (χ1n) is 6.26. The third-order valence-corrected chi connectivity index (χ3v) is 3.25. The number of pyridine rings is 1. The molecular weight excluding hydrogens is 214 g/mol. The summed E-state index contributed by atoms with van der Waals surface area (Å²) in [5.74, 6) is 0. The van der Waals surface area contributed by atoms with Gasteiger partial charge in [0, 0.05) is 42.8 Å². The van der Waals surface area contributed by atoms with Crippen molar-refractivity contribution in [2.75, 3.05) is 24.6 Å². The van der Waals surface area contributed by atoms with Crippen LogP contribution >= 0.6 is 0 Å². The molecule has 0 aliphatic carbocycles. The summed E-state index contributed by atoms with van der Waals surface area (Å²) in [5.41, 5.74) is 9.16. The molecule has 0 radical (unpaired) electrons. The fourth-order valence-corrected chi connectivity index (χ4v) is 2.21. The average Bonchev–Trinajstić information content (AvgIpc) is 2.39. The first-order valence-corrected chi connectivity index (χ1v) is 6.26. The Balaban J connectivity index is 2.22. The maximum Gasteiger partial charge on any atom is 0.0748 e. The van der Waals surface area contributed by atoms with Gasteiger partial charge in [-0.2, -0.15) is 0 Å². The second-order valence-corrected chi connectivity index (χ2v) is 4.51. The van der Waals surface area contributed by atoms with E-state index in [-0.39, 0.29) is 0 Å². The largest absolute Gasteiger partial charge is 0.375 e. The Kier molecular flexibility index (Phi) is 3.97. The van der Waals surface area contributed by atoms with E-state index in [0.29, 0.717) is 12.6 Å². The molecule has 0 spiro atoms. The van der Waals surface area contributed by atoms with Gasteiger partial charge >= 0.3 is 0 Å². The molecule has 1 aliphatic rings. The van der Waals surface area contributed by atoms with E-state index in [1.54, 1.807) is 0 Å². The molecule has 4 heteroatoms. The number of nitrogens with zero attached hydrogens (tertiary/aromatic N) is 2. The Hall–Kier alpha value is -1.13. The number of aromatic nitrogens is 1. The number of morpholine rings is 1. The zero-order valence-corrected chi connectivity index (χ0v) is 10.6. The van der Waals surface area contributed by atoms with Gasteiger partial charge in [0.25, 0.3) is 0 Å². The summed E-state index contributed by atoms with van der Waals surface area (Å²) < 4.78 is 5.69. The highest BCUT2D eigenvalue weighted by Gasteiger charge is 2.21. The van der Waals surface area contributed by atoms with Gasteiger partial charge in [-0.15, -0.1) is 0 Å². The van der Waals surface area contributed by atoms with Crippen LogP contribution in [0.2, 0.25) is 0 Å². The zero-order valence-electron chi connectivity index (χ0n) is 10.6. The molecular formula is C13H21N3O. The number of nitrogens with two attached hydrogens (primary N) is 1. The van der Waals surface area contributed by atoms with Gasteiger partial charge in [-0.3, -0.25) is 4.98 Å². The number of anilines is 1. The molecule has 2 rings (SSSR count). The highest BCUT2D eigenvalue weighted by atomic mass is 16.5. The van der Waals surface area contributed by atoms with Crippen LogP contribution in [0, 0.1) is 6.92 Å². The quantitative estimate of drug-likeness (QED) is 0.862. The lowest BCUT2D eigenvalue weighted by molar-refractivity contribution is 0.0384. The summed E-state index contributed by atoms with van der Waals surface area (Å²) in [5, 5.41) is 0. The molecule has 1 saturated heterocycles. The van der Waals surface area contributed by atoms with E-state index < -0.39 is 0 Å². The molecule has 1 atom stereocenters. The van der Waals surface area contributed by atoms with Gasteiger partial charge in [0.05, 0.1) is 12.7 Å². The Morgan fingerprint density at radius 1 is 1.59 bits per heavy atom. The molecule has 0 saturated carbocycles. The molecule has 1 unspecified atom stereocenters. The van der Waals surface area contributed by atoms with Crippen molar-refractivity contribution in [2.45, 2.75) is 32.9 Å². The van der Waals surface area contributed by atoms with Crippen LogP contribution in [0.1, 0.15) is 24.6 Å². The van der Waals surface area contributed by atoms with Crippen LogP contribution < -0.4 is 10.6 Å². The Morgan fingerprint density at radius 3 is 3.12 bits per heavy atom. The van der Waals surface area contributed by atoms with Gasteiger partial charge in [0.2, 0.25) is 0 Å². The van der Waals surface area contributed by atoms with Crippen molar-refractivity contribution in [3.05, 3.63) is 23.5 Å². The van der Waals surface area contributed by atoms with Gasteiger partial charge < -0.3 is 15.4 Å².